The minimum Gasteiger partial charge on any atom is -0.393 e. The van der Waals surface area contributed by atoms with E-state index in [4.69, 9.17) is 0 Å². The molecule has 1 aliphatic heterocycles. The van der Waals surface area contributed by atoms with Gasteiger partial charge in [-0.15, -0.1) is 0 Å². The number of aromatic nitrogens is 2. The lowest BCUT2D eigenvalue weighted by Gasteiger charge is -2.35. The molecular formula is C12H20N4OS. The molecule has 2 rings (SSSR count). The van der Waals surface area contributed by atoms with Gasteiger partial charge in [0.2, 0.25) is 0 Å². The van der Waals surface area contributed by atoms with Crippen molar-refractivity contribution in [2.75, 3.05) is 36.6 Å². The number of nitrogens with zero attached hydrogens (tertiary/aromatic N) is 3. The fourth-order valence-electron chi connectivity index (χ4n) is 2.14. The lowest BCUT2D eigenvalue weighted by molar-refractivity contribution is 0.0968. The van der Waals surface area contributed by atoms with Crippen molar-refractivity contribution in [1.29, 1.82) is 0 Å². The predicted octanol–water partition coefficient (Wildman–Crippen LogP) is 1.45. The monoisotopic (exact) mass is 268 g/mol. The van der Waals surface area contributed by atoms with Gasteiger partial charge < -0.3 is 15.3 Å². The fraction of sp³-hybridized carbons (Fsp3) is 0.667. The van der Waals surface area contributed by atoms with Crippen molar-refractivity contribution in [2.24, 2.45) is 5.92 Å². The summed E-state index contributed by atoms with van der Waals surface area (Å²) in [5.41, 5.74) is 0. The van der Waals surface area contributed by atoms with Crippen molar-refractivity contribution < 1.29 is 5.11 Å². The maximum Gasteiger partial charge on any atom is 0.191 e. The average Bonchev–Trinajstić information content (AvgIpc) is 2.41. The summed E-state index contributed by atoms with van der Waals surface area (Å²) in [5.74, 6) is 2.06. The molecule has 5 nitrogen and oxygen atoms in total. The highest BCUT2D eigenvalue weighted by Crippen LogP contribution is 2.25. The van der Waals surface area contributed by atoms with Crippen LogP contribution in [0.2, 0.25) is 0 Å². The van der Waals surface area contributed by atoms with Gasteiger partial charge in [0.15, 0.2) is 5.16 Å². The molecule has 1 aromatic heterocycles. The molecule has 6 heteroatoms. The maximum absolute atomic E-state index is 9.77. The molecule has 2 unspecified atom stereocenters. The summed E-state index contributed by atoms with van der Waals surface area (Å²) in [6.07, 6.45) is 2.59. The van der Waals surface area contributed by atoms with Crippen LogP contribution < -0.4 is 10.2 Å². The molecule has 1 aromatic rings. The van der Waals surface area contributed by atoms with E-state index in [2.05, 4.69) is 27.1 Å². The molecule has 1 aliphatic rings. The van der Waals surface area contributed by atoms with Crippen LogP contribution in [0.3, 0.4) is 0 Å². The molecule has 2 atom stereocenters. The zero-order valence-corrected chi connectivity index (χ0v) is 11.9. The summed E-state index contributed by atoms with van der Waals surface area (Å²) < 4.78 is 0. The number of aliphatic hydroxyl groups excluding tert-OH is 1. The van der Waals surface area contributed by atoms with Gasteiger partial charge in [0.05, 0.1) is 6.10 Å². The molecule has 0 aromatic carbocycles. The van der Waals surface area contributed by atoms with E-state index in [0.29, 0.717) is 0 Å². The van der Waals surface area contributed by atoms with Crippen molar-refractivity contribution in [3.63, 3.8) is 0 Å². The molecule has 1 fully saturated rings. The summed E-state index contributed by atoms with van der Waals surface area (Å²) in [5, 5.41) is 13.6. The van der Waals surface area contributed by atoms with Gasteiger partial charge in [0.25, 0.3) is 0 Å². The number of thioether (sulfide) groups is 1. The van der Waals surface area contributed by atoms with E-state index in [1.165, 1.54) is 11.8 Å². The molecule has 0 saturated carbocycles. The SMILES string of the molecule is CNc1cc(N2CCC(O)C(C)C2)nc(SC)n1. The second kappa shape index (κ2) is 5.75. The summed E-state index contributed by atoms with van der Waals surface area (Å²) >= 11 is 1.54. The highest BCUT2D eigenvalue weighted by Gasteiger charge is 2.25. The molecule has 2 N–H and O–H groups in total. The average molecular weight is 268 g/mol. The minimum atomic E-state index is -0.188. The summed E-state index contributed by atoms with van der Waals surface area (Å²) in [7, 11) is 1.86. The zero-order valence-electron chi connectivity index (χ0n) is 11.1. The number of anilines is 2. The summed E-state index contributed by atoms with van der Waals surface area (Å²) in [4.78, 5) is 11.1. The van der Waals surface area contributed by atoms with Crippen LogP contribution >= 0.6 is 11.8 Å². The predicted molar refractivity (Wildman–Crippen MR) is 75.4 cm³/mol. The number of aliphatic hydroxyl groups is 1. The third-order valence-corrected chi connectivity index (χ3v) is 3.86. The Kier molecular flexibility index (Phi) is 4.29. The van der Waals surface area contributed by atoms with E-state index in [1.54, 1.807) is 0 Å². The number of rotatable bonds is 3. The van der Waals surface area contributed by atoms with Crippen molar-refractivity contribution in [2.45, 2.75) is 24.6 Å². The second-order valence-corrected chi connectivity index (χ2v) is 5.40. The molecule has 18 heavy (non-hydrogen) atoms. The minimum absolute atomic E-state index is 0.188. The molecule has 2 heterocycles. The Labute approximate surface area is 112 Å². The number of piperidine rings is 1. The Morgan fingerprint density at radius 1 is 1.50 bits per heavy atom. The third-order valence-electron chi connectivity index (χ3n) is 3.31. The van der Waals surface area contributed by atoms with E-state index in [9.17, 15) is 5.11 Å². The van der Waals surface area contributed by atoms with E-state index in [-0.39, 0.29) is 12.0 Å². The normalized spacial score (nSPS) is 24.1. The van der Waals surface area contributed by atoms with Gasteiger partial charge in [-0.2, -0.15) is 0 Å². The van der Waals surface area contributed by atoms with Gasteiger partial charge >= 0.3 is 0 Å². The van der Waals surface area contributed by atoms with E-state index >= 15 is 0 Å². The largest absolute Gasteiger partial charge is 0.393 e. The highest BCUT2D eigenvalue weighted by atomic mass is 32.2. The Hall–Kier alpha value is -1.01. The van der Waals surface area contributed by atoms with E-state index < -0.39 is 0 Å². The zero-order chi connectivity index (χ0) is 13.1. The topological polar surface area (TPSA) is 61.3 Å². The standard InChI is InChI=1S/C12H20N4OS/c1-8-7-16(5-4-9(8)17)11-6-10(13-2)14-12(15-11)18-3/h6,8-9,17H,4-5,7H2,1-3H3,(H,13,14,15). The molecule has 0 bridgehead atoms. The van der Waals surface area contributed by atoms with Gasteiger partial charge in [-0.05, 0) is 18.6 Å². The molecule has 0 amide bonds. The van der Waals surface area contributed by atoms with Crippen LogP contribution in [0.4, 0.5) is 11.6 Å². The molecule has 1 saturated heterocycles. The van der Waals surface area contributed by atoms with Gasteiger partial charge in [-0.25, -0.2) is 9.97 Å². The van der Waals surface area contributed by atoms with Gasteiger partial charge in [0, 0.05) is 26.2 Å². The Morgan fingerprint density at radius 3 is 2.89 bits per heavy atom. The third kappa shape index (κ3) is 2.87. The Bertz CT molecular complexity index is 393. The van der Waals surface area contributed by atoms with Crippen molar-refractivity contribution in [3.05, 3.63) is 6.07 Å². The van der Waals surface area contributed by atoms with Crippen LogP contribution in [-0.4, -0.2) is 47.6 Å². The first-order chi connectivity index (χ1) is 8.63. The van der Waals surface area contributed by atoms with Crippen LogP contribution in [0, 0.1) is 5.92 Å². The van der Waals surface area contributed by atoms with Crippen LogP contribution in [0.15, 0.2) is 11.2 Å². The first-order valence-corrected chi connectivity index (χ1v) is 7.40. The van der Waals surface area contributed by atoms with Crippen molar-refractivity contribution in [1.82, 2.24) is 9.97 Å². The van der Waals surface area contributed by atoms with E-state index in [1.807, 2.05) is 19.4 Å². The van der Waals surface area contributed by atoms with Crippen molar-refractivity contribution in [3.8, 4) is 0 Å². The first kappa shape index (κ1) is 13.4. The highest BCUT2D eigenvalue weighted by molar-refractivity contribution is 7.98. The second-order valence-electron chi connectivity index (χ2n) is 4.63. The Morgan fingerprint density at radius 2 is 2.28 bits per heavy atom. The van der Waals surface area contributed by atoms with E-state index in [0.717, 1.165) is 36.3 Å². The summed E-state index contributed by atoms with van der Waals surface area (Å²) in [6.45, 7) is 3.77. The lowest BCUT2D eigenvalue weighted by Crippen LogP contribution is -2.42. The van der Waals surface area contributed by atoms with Crippen LogP contribution in [-0.2, 0) is 0 Å². The van der Waals surface area contributed by atoms with Crippen molar-refractivity contribution >= 4 is 23.4 Å². The van der Waals surface area contributed by atoms with Gasteiger partial charge in [-0.1, -0.05) is 18.7 Å². The maximum atomic E-state index is 9.77. The Balaban J connectivity index is 2.22. The fourth-order valence-corrected chi connectivity index (χ4v) is 2.51. The molecule has 0 aliphatic carbocycles. The number of hydrogen-bond acceptors (Lipinski definition) is 6. The van der Waals surface area contributed by atoms with Crippen LogP contribution in [0.25, 0.3) is 0 Å². The lowest BCUT2D eigenvalue weighted by atomic mass is 9.97. The van der Waals surface area contributed by atoms with Crippen LogP contribution in [0.1, 0.15) is 13.3 Å². The molecular weight excluding hydrogens is 248 g/mol. The van der Waals surface area contributed by atoms with Gasteiger partial charge in [-0.3, -0.25) is 0 Å². The quantitative estimate of drug-likeness (QED) is 0.639. The number of hydrogen-bond donors (Lipinski definition) is 2. The first-order valence-electron chi connectivity index (χ1n) is 6.18. The molecule has 0 spiro atoms. The molecule has 100 valence electrons. The van der Waals surface area contributed by atoms with Gasteiger partial charge in [0.1, 0.15) is 11.6 Å². The number of nitrogens with one attached hydrogen (secondary N) is 1. The smallest absolute Gasteiger partial charge is 0.191 e. The van der Waals surface area contributed by atoms with Crippen LogP contribution in [0.5, 0.6) is 0 Å². The molecule has 0 radical (unpaired) electrons. The summed E-state index contributed by atoms with van der Waals surface area (Å²) in [6, 6.07) is 1.96.